The number of amides is 1. The Labute approximate surface area is 117 Å². The van der Waals surface area contributed by atoms with Crippen molar-refractivity contribution in [3.63, 3.8) is 0 Å². The molecule has 6 heteroatoms. The number of carbonyl (C=O) groups excluding carboxylic acids is 1. The molecule has 5 nitrogen and oxygen atoms in total. The van der Waals surface area contributed by atoms with Crippen molar-refractivity contribution in [3.05, 3.63) is 22.8 Å². The minimum atomic E-state index is -0.0902. The van der Waals surface area contributed by atoms with Crippen LogP contribution in [0, 0.1) is 0 Å². The van der Waals surface area contributed by atoms with Crippen molar-refractivity contribution in [3.8, 4) is 0 Å². The molecule has 1 fully saturated rings. The highest BCUT2D eigenvalue weighted by Crippen LogP contribution is 2.23. The standard InChI is InChI=1S/C13H18ClN3O2/c14-11-7-9(8-16-12(11)15)13(19)17-5-2-1-3-10(17)4-6-18/h7-8,10,18H,1-6H2,(H2,15,16). The molecule has 0 saturated carbocycles. The number of nitrogens with two attached hydrogens (primary N) is 1. The number of aliphatic hydroxyl groups excluding tert-OH is 1. The van der Waals surface area contributed by atoms with E-state index < -0.39 is 0 Å². The highest BCUT2D eigenvalue weighted by Gasteiger charge is 2.27. The van der Waals surface area contributed by atoms with Gasteiger partial charge < -0.3 is 15.7 Å². The Morgan fingerprint density at radius 1 is 1.58 bits per heavy atom. The van der Waals surface area contributed by atoms with E-state index in [4.69, 9.17) is 22.4 Å². The van der Waals surface area contributed by atoms with E-state index in [9.17, 15) is 4.79 Å². The molecule has 2 rings (SSSR count). The van der Waals surface area contributed by atoms with Gasteiger partial charge in [0.2, 0.25) is 0 Å². The molecule has 1 aromatic rings. The molecule has 1 unspecified atom stereocenters. The van der Waals surface area contributed by atoms with Gasteiger partial charge >= 0.3 is 0 Å². The van der Waals surface area contributed by atoms with E-state index in [0.29, 0.717) is 23.6 Å². The van der Waals surface area contributed by atoms with Crippen molar-refractivity contribution >= 4 is 23.3 Å². The first-order valence-electron chi connectivity index (χ1n) is 6.46. The van der Waals surface area contributed by atoms with Gasteiger partial charge in [0.1, 0.15) is 5.82 Å². The predicted octanol–water partition coefficient (Wildman–Crippen LogP) is 1.69. The lowest BCUT2D eigenvalue weighted by Gasteiger charge is -2.35. The molecule has 1 aromatic heterocycles. The molecule has 0 spiro atoms. The molecule has 0 radical (unpaired) electrons. The largest absolute Gasteiger partial charge is 0.396 e. The Morgan fingerprint density at radius 3 is 3.05 bits per heavy atom. The third-order valence-corrected chi connectivity index (χ3v) is 3.77. The topological polar surface area (TPSA) is 79.5 Å². The highest BCUT2D eigenvalue weighted by atomic mass is 35.5. The van der Waals surface area contributed by atoms with Crippen molar-refractivity contribution in [1.29, 1.82) is 0 Å². The van der Waals surface area contributed by atoms with Crippen LogP contribution >= 0.6 is 11.6 Å². The monoisotopic (exact) mass is 283 g/mol. The fourth-order valence-electron chi connectivity index (χ4n) is 2.45. The molecule has 0 bridgehead atoms. The van der Waals surface area contributed by atoms with Crippen LogP contribution in [-0.2, 0) is 0 Å². The first kappa shape index (κ1) is 14.1. The lowest BCUT2D eigenvalue weighted by atomic mass is 9.98. The molecule has 0 aromatic carbocycles. The average molecular weight is 284 g/mol. The normalized spacial score (nSPS) is 19.5. The lowest BCUT2D eigenvalue weighted by molar-refractivity contribution is 0.0574. The number of hydrogen-bond donors (Lipinski definition) is 2. The maximum absolute atomic E-state index is 12.5. The quantitative estimate of drug-likeness (QED) is 0.885. The second kappa shape index (κ2) is 6.21. The lowest BCUT2D eigenvalue weighted by Crippen LogP contribution is -2.44. The van der Waals surface area contributed by atoms with Crippen LogP contribution in [0.3, 0.4) is 0 Å². The zero-order valence-electron chi connectivity index (χ0n) is 10.7. The summed E-state index contributed by atoms with van der Waals surface area (Å²) in [4.78, 5) is 18.2. The Morgan fingerprint density at radius 2 is 2.37 bits per heavy atom. The first-order chi connectivity index (χ1) is 9.13. The molecular formula is C13H18ClN3O2. The van der Waals surface area contributed by atoms with Gasteiger partial charge in [0, 0.05) is 25.4 Å². The van der Waals surface area contributed by atoms with Crippen molar-refractivity contribution in [2.75, 3.05) is 18.9 Å². The number of halogens is 1. The van der Waals surface area contributed by atoms with Crippen molar-refractivity contribution in [2.24, 2.45) is 0 Å². The molecule has 104 valence electrons. The second-order valence-electron chi connectivity index (χ2n) is 4.75. The maximum Gasteiger partial charge on any atom is 0.255 e. The van der Waals surface area contributed by atoms with Crippen LogP contribution in [0.15, 0.2) is 12.3 Å². The first-order valence-corrected chi connectivity index (χ1v) is 6.84. The van der Waals surface area contributed by atoms with Crippen LogP contribution < -0.4 is 5.73 Å². The predicted molar refractivity (Wildman–Crippen MR) is 74.0 cm³/mol. The number of aromatic nitrogens is 1. The summed E-state index contributed by atoms with van der Waals surface area (Å²) >= 11 is 5.90. The number of aliphatic hydroxyl groups is 1. The Bertz CT molecular complexity index is 465. The SMILES string of the molecule is Nc1ncc(C(=O)N2CCCCC2CCO)cc1Cl. The highest BCUT2D eigenvalue weighted by molar-refractivity contribution is 6.33. The number of rotatable bonds is 3. The van der Waals surface area contributed by atoms with Gasteiger partial charge in [-0.2, -0.15) is 0 Å². The van der Waals surface area contributed by atoms with E-state index in [1.807, 2.05) is 4.90 Å². The second-order valence-corrected chi connectivity index (χ2v) is 5.16. The van der Waals surface area contributed by atoms with Crippen molar-refractivity contribution < 1.29 is 9.90 Å². The minimum absolute atomic E-state index is 0.0902. The summed E-state index contributed by atoms with van der Waals surface area (Å²) in [6, 6.07) is 1.65. The van der Waals surface area contributed by atoms with E-state index in [2.05, 4.69) is 4.98 Å². The van der Waals surface area contributed by atoms with Gasteiger partial charge in [0.05, 0.1) is 10.6 Å². The summed E-state index contributed by atoms with van der Waals surface area (Å²) in [5, 5.41) is 9.37. The van der Waals surface area contributed by atoms with Crippen LogP contribution in [0.1, 0.15) is 36.0 Å². The van der Waals surface area contributed by atoms with Gasteiger partial charge in [0.25, 0.3) is 5.91 Å². The number of piperidine rings is 1. The fourth-order valence-corrected chi connectivity index (χ4v) is 2.61. The average Bonchev–Trinajstić information content (AvgIpc) is 2.42. The molecular weight excluding hydrogens is 266 g/mol. The minimum Gasteiger partial charge on any atom is -0.396 e. The third-order valence-electron chi connectivity index (χ3n) is 3.47. The number of anilines is 1. The van der Waals surface area contributed by atoms with Crippen LogP contribution in [0.5, 0.6) is 0 Å². The van der Waals surface area contributed by atoms with Crippen molar-refractivity contribution in [1.82, 2.24) is 9.88 Å². The van der Waals surface area contributed by atoms with Gasteiger partial charge in [-0.3, -0.25) is 4.79 Å². The maximum atomic E-state index is 12.5. The summed E-state index contributed by atoms with van der Waals surface area (Å²) in [6.45, 7) is 0.806. The number of pyridine rings is 1. The van der Waals surface area contributed by atoms with Gasteiger partial charge in [-0.1, -0.05) is 11.6 Å². The molecule has 1 amide bonds. The molecule has 0 aliphatic carbocycles. The number of hydrogen-bond acceptors (Lipinski definition) is 4. The van der Waals surface area contributed by atoms with E-state index in [1.54, 1.807) is 6.07 Å². The van der Waals surface area contributed by atoms with Crippen LogP contribution in [0.25, 0.3) is 0 Å². The summed E-state index contributed by atoms with van der Waals surface area (Å²) in [7, 11) is 0. The zero-order valence-corrected chi connectivity index (χ0v) is 11.4. The fraction of sp³-hybridized carbons (Fsp3) is 0.538. The number of nitrogen functional groups attached to an aromatic ring is 1. The van der Waals surface area contributed by atoms with Gasteiger partial charge in [-0.15, -0.1) is 0 Å². The van der Waals surface area contributed by atoms with E-state index in [1.165, 1.54) is 6.20 Å². The van der Waals surface area contributed by atoms with Crippen molar-refractivity contribution in [2.45, 2.75) is 31.7 Å². The number of likely N-dealkylation sites (tertiary alicyclic amines) is 1. The summed E-state index contributed by atoms with van der Waals surface area (Å²) < 4.78 is 0. The molecule has 19 heavy (non-hydrogen) atoms. The van der Waals surface area contributed by atoms with Gasteiger partial charge in [-0.25, -0.2) is 4.98 Å². The number of carbonyl (C=O) groups is 1. The third kappa shape index (κ3) is 3.16. The van der Waals surface area contributed by atoms with Crippen LogP contribution in [0.4, 0.5) is 5.82 Å². The molecule has 1 aliphatic rings. The summed E-state index contributed by atoms with van der Waals surface area (Å²) in [6.07, 6.45) is 5.08. The molecule has 1 atom stereocenters. The van der Waals surface area contributed by atoms with E-state index in [0.717, 1.165) is 19.3 Å². The number of nitrogens with zero attached hydrogens (tertiary/aromatic N) is 2. The van der Waals surface area contributed by atoms with E-state index >= 15 is 0 Å². The molecule has 3 N–H and O–H groups in total. The smallest absolute Gasteiger partial charge is 0.255 e. The Kier molecular flexibility index (Phi) is 4.61. The van der Waals surface area contributed by atoms with Crippen LogP contribution in [0.2, 0.25) is 5.02 Å². The Balaban J connectivity index is 2.18. The molecule has 1 aliphatic heterocycles. The van der Waals surface area contributed by atoms with Gasteiger partial charge in [-0.05, 0) is 31.7 Å². The molecule has 1 saturated heterocycles. The van der Waals surface area contributed by atoms with Crippen LogP contribution in [-0.4, -0.2) is 40.1 Å². The zero-order chi connectivity index (χ0) is 13.8. The molecule has 2 heterocycles. The Hall–Kier alpha value is -1.33. The van der Waals surface area contributed by atoms with Gasteiger partial charge in [0.15, 0.2) is 0 Å². The summed E-state index contributed by atoms with van der Waals surface area (Å²) in [5.74, 6) is 0.135. The summed E-state index contributed by atoms with van der Waals surface area (Å²) in [5.41, 5.74) is 5.99. The van der Waals surface area contributed by atoms with E-state index in [-0.39, 0.29) is 24.4 Å².